The predicted octanol–water partition coefficient (Wildman–Crippen LogP) is 2.26. The Bertz CT molecular complexity index is 622. The summed E-state index contributed by atoms with van der Waals surface area (Å²) in [6.07, 6.45) is 1.56. The highest BCUT2D eigenvalue weighted by Gasteiger charge is 2.17. The van der Waals surface area contributed by atoms with Gasteiger partial charge in [0.05, 0.1) is 12.0 Å². The maximum atomic E-state index is 12.0. The van der Waals surface area contributed by atoms with E-state index in [0.717, 1.165) is 4.88 Å². The monoisotopic (exact) mass is 326 g/mol. The van der Waals surface area contributed by atoms with Gasteiger partial charge in [-0.05, 0) is 19.1 Å². The van der Waals surface area contributed by atoms with Gasteiger partial charge in [-0.2, -0.15) is 0 Å². The van der Waals surface area contributed by atoms with Gasteiger partial charge in [0, 0.05) is 17.2 Å². The van der Waals surface area contributed by atoms with Crippen LogP contribution in [0, 0.1) is 6.92 Å². The van der Waals surface area contributed by atoms with Gasteiger partial charge in [-0.1, -0.05) is 0 Å². The number of hydrogen-bond donors (Lipinski definition) is 2. The fraction of sp³-hybridized carbons (Fsp3) is 0.308. The molecule has 0 bridgehead atoms. The van der Waals surface area contributed by atoms with Crippen LogP contribution in [0.5, 0.6) is 0 Å². The Hall–Kier alpha value is -1.80. The minimum atomic E-state index is -0.857. The molecule has 2 N–H and O–H groups in total. The van der Waals surface area contributed by atoms with E-state index in [-0.39, 0.29) is 11.7 Å². The van der Waals surface area contributed by atoms with Gasteiger partial charge in [-0.25, -0.2) is 4.98 Å². The molecule has 0 aliphatic heterocycles. The lowest BCUT2D eigenvalue weighted by atomic mass is 10.3. The molecule has 0 aromatic carbocycles. The third-order valence-electron chi connectivity index (χ3n) is 2.50. The fourth-order valence-corrected chi connectivity index (χ4v) is 3.04. The molecule has 2 aromatic heterocycles. The quantitative estimate of drug-likeness (QED) is 0.758. The molecule has 112 valence electrons. The lowest BCUT2D eigenvalue weighted by molar-refractivity contribution is -0.133. The maximum Gasteiger partial charge on any atom is 0.313 e. The van der Waals surface area contributed by atoms with Crippen molar-refractivity contribution in [3.63, 3.8) is 0 Å². The first kappa shape index (κ1) is 15.6. The van der Waals surface area contributed by atoms with E-state index in [1.807, 2.05) is 6.92 Å². The molecule has 6 nitrogen and oxygen atoms in total. The highest BCUT2D eigenvalue weighted by molar-refractivity contribution is 7.99. The number of hydrogen-bond acceptors (Lipinski definition) is 6. The minimum absolute atomic E-state index is 0.0360. The van der Waals surface area contributed by atoms with Crippen LogP contribution in [0.4, 0.5) is 0 Å². The number of thioether (sulfide) groups is 1. The van der Waals surface area contributed by atoms with Crippen molar-refractivity contribution in [3.8, 4) is 10.8 Å². The molecule has 2 aromatic rings. The first-order chi connectivity index (χ1) is 10.1. The maximum absolute atomic E-state index is 12.0. The van der Waals surface area contributed by atoms with Crippen molar-refractivity contribution < 1.29 is 19.1 Å². The first-order valence-electron chi connectivity index (χ1n) is 6.17. The van der Waals surface area contributed by atoms with E-state index >= 15 is 0 Å². The van der Waals surface area contributed by atoms with Gasteiger partial charge < -0.3 is 14.8 Å². The molecule has 0 unspecified atom stereocenters. The summed E-state index contributed by atoms with van der Waals surface area (Å²) >= 11 is 2.66. The molecule has 0 atom stereocenters. The highest BCUT2D eigenvalue weighted by Crippen LogP contribution is 2.27. The number of thiazole rings is 1. The van der Waals surface area contributed by atoms with Crippen LogP contribution in [0.25, 0.3) is 10.8 Å². The van der Waals surface area contributed by atoms with E-state index < -0.39 is 5.97 Å². The number of carboxylic acids is 1. The Labute approximate surface area is 129 Å². The van der Waals surface area contributed by atoms with Crippen LogP contribution >= 0.6 is 23.1 Å². The fourth-order valence-electron chi connectivity index (χ4n) is 1.59. The number of amides is 1. The Balaban J connectivity index is 1.89. The van der Waals surface area contributed by atoms with Crippen molar-refractivity contribution in [2.75, 3.05) is 18.1 Å². The third kappa shape index (κ3) is 4.33. The number of aromatic nitrogens is 1. The smallest absolute Gasteiger partial charge is 0.313 e. The number of aryl methyl sites for hydroxylation is 1. The van der Waals surface area contributed by atoms with E-state index in [1.54, 1.807) is 18.4 Å². The van der Waals surface area contributed by atoms with Gasteiger partial charge in [0.25, 0.3) is 5.91 Å². The van der Waals surface area contributed by atoms with Crippen LogP contribution in [0.1, 0.15) is 15.4 Å². The second-order valence-corrected chi connectivity index (χ2v) is 6.41. The molecule has 21 heavy (non-hydrogen) atoms. The lowest BCUT2D eigenvalue weighted by Gasteiger charge is -2.02. The number of furan rings is 1. The third-order valence-corrected chi connectivity index (χ3v) is 4.43. The van der Waals surface area contributed by atoms with E-state index in [1.165, 1.54) is 23.1 Å². The van der Waals surface area contributed by atoms with Crippen LogP contribution < -0.4 is 5.32 Å². The summed E-state index contributed by atoms with van der Waals surface area (Å²) in [7, 11) is 0. The number of rotatable bonds is 7. The lowest BCUT2D eigenvalue weighted by Crippen LogP contribution is -2.26. The molecule has 0 spiro atoms. The second kappa shape index (κ2) is 7.28. The Morgan fingerprint density at radius 2 is 2.33 bits per heavy atom. The number of nitrogens with one attached hydrogen (secondary N) is 1. The van der Waals surface area contributed by atoms with Crippen molar-refractivity contribution in [1.29, 1.82) is 0 Å². The summed E-state index contributed by atoms with van der Waals surface area (Å²) in [6, 6.07) is 3.56. The molecule has 0 aliphatic carbocycles. The van der Waals surface area contributed by atoms with Crippen molar-refractivity contribution in [2.24, 2.45) is 0 Å². The van der Waals surface area contributed by atoms with E-state index in [2.05, 4.69) is 10.3 Å². The Kier molecular flexibility index (Phi) is 5.40. The highest BCUT2D eigenvalue weighted by atomic mass is 32.2. The first-order valence-corrected chi connectivity index (χ1v) is 8.14. The summed E-state index contributed by atoms with van der Waals surface area (Å²) < 4.78 is 5.26. The van der Waals surface area contributed by atoms with E-state index in [0.29, 0.717) is 28.8 Å². The molecule has 0 saturated heterocycles. The Morgan fingerprint density at radius 3 is 3.00 bits per heavy atom. The number of nitrogens with zero attached hydrogens (tertiary/aromatic N) is 1. The summed E-state index contributed by atoms with van der Waals surface area (Å²) in [5.74, 6) is 0.113. The molecule has 0 radical (unpaired) electrons. The topological polar surface area (TPSA) is 92.4 Å². The molecular formula is C13H14N2O4S2. The molecule has 2 heterocycles. The zero-order valence-electron chi connectivity index (χ0n) is 11.3. The molecular weight excluding hydrogens is 312 g/mol. The zero-order valence-corrected chi connectivity index (χ0v) is 12.9. The van der Waals surface area contributed by atoms with Crippen molar-refractivity contribution in [2.45, 2.75) is 6.92 Å². The largest absolute Gasteiger partial charge is 0.481 e. The standard InChI is InChI=1S/C13H14N2O4S2/c1-8-11(12(18)14-4-6-20-7-10(16)17)15-13(21-8)9-3-2-5-19-9/h2-3,5H,4,6-7H2,1H3,(H,14,18)(H,16,17). The second-order valence-electron chi connectivity index (χ2n) is 4.10. The average molecular weight is 326 g/mol. The zero-order chi connectivity index (χ0) is 15.2. The van der Waals surface area contributed by atoms with Gasteiger partial charge in [0.2, 0.25) is 0 Å². The molecule has 1 amide bonds. The molecule has 0 fully saturated rings. The molecule has 8 heteroatoms. The summed E-state index contributed by atoms with van der Waals surface area (Å²) in [6.45, 7) is 2.24. The summed E-state index contributed by atoms with van der Waals surface area (Å²) in [4.78, 5) is 27.5. The average Bonchev–Trinajstić information content (AvgIpc) is 3.06. The SMILES string of the molecule is Cc1sc(-c2ccco2)nc1C(=O)NCCSCC(=O)O. The number of carboxylic acid groups (broad SMARTS) is 1. The molecule has 0 aliphatic rings. The van der Waals surface area contributed by atoms with Gasteiger partial charge in [0.1, 0.15) is 5.69 Å². The van der Waals surface area contributed by atoms with Crippen LogP contribution in [0.2, 0.25) is 0 Å². The van der Waals surface area contributed by atoms with Gasteiger partial charge in [0.15, 0.2) is 10.8 Å². The number of carbonyl (C=O) groups excluding carboxylic acids is 1. The Morgan fingerprint density at radius 1 is 1.52 bits per heavy atom. The van der Waals surface area contributed by atoms with Crippen molar-refractivity contribution in [3.05, 3.63) is 29.0 Å². The van der Waals surface area contributed by atoms with Crippen molar-refractivity contribution in [1.82, 2.24) is 10.3 Å². The van der Waals surface area contributed by atoms with Crippen LogP contribution in [-0.4, -0.2) is 40.0 Å². The number of aliphatic carboxylic acids is 1. The van der Waals surface area contributed by atoms with Crippen LogP contribution in [-0.2, 0) is 4.79 Å². The number of carbonyl (C=O) groups is 2. The van der Waals surface area contributed by atoms with E-state index in [4.69, 9.17) is 9.52 Å². The van der Waals surface area contributed by atoms with Gasteiger partial charge in [-0.3, -0.25) is 9.59 Å². The van der Waals surface area contributed by atoms with E-state index in [9.17, 15) is 9.59 Å². The molecule has 0 saturated carbocycles. The summed E-state index contributed by atoms with van der Waals surface area (Å²) in [5, 5.41) is 11.9. The minimum Gasteiger partial charge on any atom is -0.481 e. The normalized spacial score (nSPS) is 10.5. The van der Waals surface area contributed by atoms with Gasteiger partial charge >= 0.3 is 5.97 Å². The molecule has 2 rings (SSSR count). The van der Waals surface area contributed by atoms with Gasteiger partial charge in [-0.15, -0.1) is 23.1 Å². The summed E-state index contributed by atoms with van der Waals surface area (Å²) in [5.41, 5.74) is 0.384. The predicted molar refractivity (Wildman–Crippen MR) is 81.8 cm³/mol. The van der Waals surface area contributed by atoms with Crippen LogP contribution in [0.3, 0.4) is 0 Å². The van der Waals surface area contributed by atoms with Crippen molar-refractivity contribution >= 4 is 35.0 Å². The van der Waals surface area contributed by atoms with Crippen LogP contribution in [0.15, 0.2) is 22.8 Å².